The summed E-state index contributed by atoms with van der Waals surface area (Å²) in [6, 6.07) is 3.05. The molecule has 100 valence electrons. The van der Waals surface area contributed by atoms with E-state index in [1.165, 1.54) is 12.1 Å². The lowest BCUT2D eigenvalue weighted by molar-refractivity contribution is 0.201. The third kappa shape index (κ3) is 3.11. The highest BCUT2D eigenvalue weighted by atomic mass is 79.9. The summed E-state index contributed by atoms with van der Waals surface area (Å²) >= 11 is 3.07. The number of hydrogen-bond acceptors (Lipinski definition) is 4. The lowest BCUT2D eigenvalue weighted by atomic mass is 10.1. The molecule has 4 N–H and O–H groups in total. The Kier molecular flexibility index (Phi) is 4.92. The predicted octanol–water partition coefficient (Wildman–Crippen LogP) is 1.50. The van der Waals surface area contributed by atoms with Crippen LogP contribution in [0, 0.1) is 5.82 Å². The maximum atomic E-state index is 14.1. The van der Waals surface area contributed by atoms with E-state index in [9.17, 15) is 9.50 Å². The van der Waals surface area contributed by atoms with Crippen LogP contribution in [0.1, 0.15) is 12.5 Å². The zero-order valence-corrected chi connectivity index (χ0v) is 11.6. The maximum absolute atomic E-state index is 14.1. The molecule has 0 saturated carbocycles. The van der Waals surface area contributed by atoms with Crippen molar-refractivity contribution in [2.45, 2.75) is 13.0 Å². The number of nitrogens with two attached hydrogens (primary N) is 1. The predicted molar refractivity (Wildman–Crippen MR) is 71.6 cm³/mol. The number of nitrogens with zero attached hydrogens (tertiary/aromatic N) is 2. The molecule has 0 aliphatic carbocycles. The van der Waals surface area contributed by atoms with Gasteiger partial charge in [0.25, 0.3) is 0 Å². The molecule has 1 aromatic carbocycles. The summed E-state index contributed by atoms with van der Waals surface area (Å²) in [5.74, 6) is -0.701. The van der Waals surface area contributed by atoms with Crippen LogP contribution in [0.5, 0.6) is 0 Å². The molecular formula is C11H15BrFN3O2. The van der Waals surface area contributed by atoms with Gasteiger partial charge in [0.05, 0.1) is 16.3 Å². The second kappa shape index (κ2) is 6.01. The van der Waals surface area contributed by atoms with Crippen LogP contribution < -0.4 is 10.6 Å². The summed E-state index contributed by atoms with van der Waals surface area (Å²) in [4.78, 5) is 1.58. The summed E-state index contributed by atoms with van der Waals surface area (Å²) in [5.41, 5.74) is 6.01. The summed E-state index contributed by atoms with van der Waals surface area (Å²) < 4.78 is 14.2. The van der Waals surface area contributed by atoms with Crippen molar-refractivity contribution >= 4 is 27.5 Å². The van der Waals surface area contributed by atoms with Crippen molar-refractivity contribution in [3.05, 3.63) is 28.0 Å². The van der Waals surface area contributed by atoms with E-state index in [1.54, 1.807) is 18.9 Å². The minimum absolute atomic E-state index is 0.118. The van der Waals surface area contributed by atoms with E-state index in [0.29, 0.717) is 12.2 Å². The fourth-order valence-corrected chi connectivity index (χ4v) is 2.12. The van der Waals surface area contributed by atoms with Crippen molar-refractivity contribution in [1.29, 1.82) is 0 Å². The first-order valence-corrected chi connectivity index (χ1v) is 6.02. The number of benzene rings is 1. The maximum Gasteiger partial charge on any atom is 0.171 e. The Labute approximate surface area is 113 Å². The first kappa shape index (κ1) is 14.7. The van der Waals surface area contributed by atoms with Gasteiger partial charge in [0, 0.05) is 19.2 Å². The molecule has 0 radical (unpaired) electrons. The van der Waals surface area contributed by atoms with Gasteiger partial charge < -0.3 is 20.9 Å². The fraction of sp³-hybridized carbons (Fsp3) is 0.364. The Morgan fingerprint density at radius 1 is 1.61 bits per heavy atom. The highest BCUT2D eigenvalue weighted by Gasteiger charge is 2.17. The molecule has 0 aromatic heterocycles. The highest BCUT2D eigenvalue weighted by molar-refractivity contribution is 9.10. The molecule has 0 bridgehead atoms. The Morgan fingerprint density at radius 2 is 2.22 bits per heavy atom. The zero-order chi connectivity index (χ0) is 13.9. The lowest BCUT2D eigenvalue weighted by Crippen LogP contribution is -2.28. The van der Waals surface area contributed by atoms with Crippen molar-refractivity contribution in [3.8, 4) is 0 Å². The van der Waals surface area contributed by atoms with Gasteiger partial charge in [0.1, 0.15) is 0 Å². The van der Waals surface area contributed by atoms with Crippen molar-refractivity contribution in [2.75, 3.05) is 18.5 Å². The fourth-order valence-electron chi connectivity index (χ4n) is 1.58. The molecule has 5 nitrogen and oxygen atoms in total. The lowest BCUT2D eigenvalue weighted by Gasteiger charge is -2.22. The zero-order valence-electron chi connectivity index (χ0n) is 10.1. The van der Waals surface area contributed by atoms with E-state index in [-0.39, 0.29) is 15.9 Å². The smallest absolute Gasteiger partial charge is 0.171 e. The first-order chi connectivity index (χ1) is 8.38. The number of anilines is 1. The van der Waals surface area contributed by atoms with Crippen LogP contribution in [0.15, 0.2) is 21.8 Å². The molecule has 0 spiro atoms. The standard InChI is InChI=1S/C11H15BrFN3O2/c1-6(17)5-16(2)8-4-3-7(11(14)15-18)9(12)10(8)13/h3-4,6,17-18H,5H2,1-2H3,(H2,14,15). The minimum Gasteiger partial charge on any atom is -0.409 e. The summed E-state index contributed by atoms with van der Waals surface area (Å²) in [7, 11) is 1.67. The normalized spacial score (nSPS) is 13.5. The van der Waals surface area contributed by atoms with Gasteiger partial charge in [-0.3, -0.25) is 0 Å². The van der Waals surface area contributed by atoms with Crippen molar-refractivity contribution < 1.29 is 14.7 Å². The molecule has 0 amide bonds. The van der Waals surface area contributed by atoms with Crippen LogP contribution >= 0.6 is 15.9 Å². The molecule has 0 heterocycles. The van der Waals surface area contributed by atoms with Crippen molar-refractivity contribution in [2.24, 2.45) is 10.9 Å². The molecule has 1 atom stereocenters. The van der Waals surface area contributed by atoms with Crippen molar-refractivity contribution in [3.63, 3.8) is 0 Å². The quantitative estimate of drug-likeness (QED) is 0.340. The Balaban J connectivity index is 3.16. The van der Waals surface area contributed by atoms with Crippen LogP contribution in [0.25, 0.3) is 0 Å². The van der Waals surface area contributed by atoms with Gasteiger partial charge >= 0.3 is 0 Å². The van der Waals surface area contributed by atoms with Gasteiger partial charge in [0.15, 0.2) is 11.7 Å². The third-order valence-electron chi connectivity index (χ3n) is 2.39. The highest BCUT2D eigenvalue weighted by Crippen LogP contribution is 2.29. The van der Waals surface area contributed by atoms with Gasteiger partial charge in [-0.2, -0.15) is 0 Å². The van der Waals surface area contributed by atoms with Gasteiger partial charge in [-0.15, -0.1) is 0 Å². The number of aliphatic hydroxyl groups excluding tert-OH is 1. The summed E-state index contributed by atoms with van der Waals surface area (Å²) in [6.45, 7) is 1.92. The molecule has 1 rings (SSSR count). The molecule has 0 saturated heterocycles. The van der Waals surface area contributed by atoms with Gasteiger partial charge in [0.2, 0.25) is 0 Å². The SMILES string of the molecule is CC(O)CN(C)c1ccc(/C(N)=N/O)c(Br)c1F. The average molecular weight is 320 g/mol. The number of hydrogen-bond donors (Lipinski definition) is 3. The molecule has 1 aromatic rings. The Morgan fingerprint density at radius 3 is 2.72 bits per heavy atom. The molecule has 1 unspecified atom stereocenters. The molecule has 18 heavy (non-hydrogen) atoms. The first-order valence-electron chi connectivity index (χ1n) is 5.23. The largest absolute Gasteiger partial charge is 0.409 e. The number of aliphatic hydroxyl groups is 1. The number of likely N-dealkylation sites (N-methyl/N-ethyl adjacent to an activating group) is 1. The van der Waals surface area contributed by atoms with Crippen molar-refractivity contribution in [1.82, 2.24) is 0 Å². The molecule has 7 heteroatoms. The topological polar surface area (TPSA) is 82.1 Å². The molecule has 0 aliphatic heterocycles. The van der Waals surface area contributed by atoms with Gasteiger partial charge in [-0.1, -0.05) is 5.16 Å². The molecular weight excluding hydrogens is 305 g/mol. The van der Waals surface area contributed by atoms with Gasteiger partial charge in [-0.05, 0) is 35.0 Å². The third-order valence-corrected chi connectivity index (χ3v) is 3.17. The second-order valence-electron chi connectivity index (χ2n) is 3.97. The van der Waals surface area contributed by atoms with Crippen LogP contribution in [0.2, 0.25) is 0 Å². The van der Waals surface area contributed by atoms with Crippen LogP contribution in [-0.2, 0) is 0 Å². The van der Waals surface area contributed by atoms with E-state index < -0.39 is 11.9 Å². The number of amidine groups is 1. The average Bonchev–Trinajstić information content (AvgIpc) is 2.30. The van der Waals surface area contributed by atoms with E-state index in [0.717, 1.165) is 0 Å². The van der Waals surface area contributed by atoms with E-state index in [4.69, 9.17) is 10.9 Å². The number of rotatable bonds is 4. The summed E-state index contributed by atoms with van der Waals surface area (Å²) in [6.07, 6.45) is -0.572. The van der Waals surface area contributed by atoms with Gasteiger partial charge in [-0.25, -0.2) is 4.39 Å². The van der Waals surface area contributed by atoms with Crippen LogP contribution in [0.4, 0.5) is 10.1 Å². The number of halogens is 2. The minimum atomic E-state index is -0.572. The number of oxime groups is 1. The van der Waals surface area contributed by atoms with E-state index in [2.05, 4.69) is 21.1 Å². The van der Waals surface area contributed by atoms with E-state index in [1.807, 2.05) is 0 Å². The van der Waals surface area contributed by atoms with E-state index >= 15 is 0 Å². The Hall–Kier alpha value is -1.34. The van der Waals surface area contributed by atoms with Crippen LogP contribution in [-0.4, -0.2) is 35.8 Å². The summed E-state index contributed by atoms with van der Waals surface area (Å²) in [5, 5.41) is 20.7. The van der Waals surface area contributed by atoms with Crippen LogP contribution in [0.3, 0.4) is 0 Å². The molecule has 0 fully saturated rings. The second-order valence-corrected chi connectivity index (χ2v) is 4.77. The molecule has 0 aliphatic rings. The monoisotopic (exact) mass is 319 g/mol. The Bertz CT molecular complexity index is 466.